The Morgan fingerprint density at radius 1 is 1.47 bits per heavy atom. The second-order valence-electron chi connectivity index (χ2n) is 4.59. The molecule has 2 aliphatic heterocycles. The van der Waals surface area contributed by atoms with Gasteiger partial charge in [0.25, 0.3) is 0 Å². The van der Waals surface area contributed by atoms with E-state index in [1.165, 1.54) is 0 Å². The van der Waals surface area contributed by atoms with Crippen LogP contribution in [0.15, 0.2) is 6.20 Å². The second-order valence-corrected chi connectivity index (χ2v) is 4.59. The zero-order chi connectivity index (χ0) is 11.5. The fraction of sp³-hybridized carbons (Fsp3) is 0.500. The van der Waals surface area contributed by atoms with Crippen LogP contribution in [0.3, 0.4) is 0 Å². The minimum atomic E-state index is -0.0507. The quantitative estimate of drug-likeness (QED) is 0.661. The standard InChI is InChI=1S/C10H12N6O/c11-8-12-3-6-7(15-8)16-9(14-6)13-4-10(16)1-2-17-5-10/h3H,1-2,4-5H2,(H,13,14)(H2,11,12,15). The highest BCUT2D eigenvalue weighted by atomic mass is 16.5. The SMILES string of the molecule is Nc1ncc2nc3n(c2n1)C1(CCOC1)CN3. The number of nitrogens with one attached hydrogen (secondary N) is 1. The number of nitrogens with two attached hydrogens (primary N) is 1. The fourth-order valence-corrected chi connectivity index (χ4v) is 2.69. The highest BCUT2D eigenvalue weighted by Gasteiger charge is 2.44. The van der Waals surface area contributed by atoms with Gasteiger partial charge in [-0.25, -0.2) is 9.97 Å². The predicted octanol–water partition coefficient (Wildman–Crippen LogP) is -0.0504. The van der Waals surface area contributed by atoms with E-state index < -0.39 is 0 Å². The number of anilines is 2. The van der Waals surface area contributed by atoms with E-state index >= 15 is 0 Å². The first-order chi connectivity index (χ1) is 8.28. The van der Waals surface area contributed by atoms with E-state index in [4.69, 9.17) is 10.5 Å². The molecule has 7 nitrogen and oxygen atoms in total. The Morgan fingerprint density at radius 2 is 2.41 bits per heavy atom. The zero-order valence-electron chi connectivity index (χ0n) is 9.18. The van der Waals surface area contributed by atoms with Gasteiger partial charge in [-0.1, -0.05) is 0 Å². The molecule has 0 saturated carbocycles. The molecule has 4 heterocycles. The van der Waals surface area contributed by atoms with Crippen LogP contribution in [0.1, 0.15) is 6.42 Å². The molecule has 1 unspecified atom stereocenters. The minimum Gasteiger partial charge on any atom is -0.379 e. The van der Waals surface area contributed by atoms with Crippen LogP contribution in [0.25, 0.3) is 11.2 Å². The number of hydrogen-bond acceptors (Lipinski definition) is 6. The summed E-state index contributed by atoms with van der Waals surface area (Å²) in [6.45, 7) is 2.32. The van der Waals surface area contributed by atoms with Gasteiger partial charge >= 0.3 is 0 Å². The Balaban J connectivity index is 2.02. The van der Waals surface area contributed by atoms with Gasteiger partial charge in [-0.2, -0.15) is 4.98 Å². The highest BCUT2D eigenvalue weighted by molar-refractivity contribution is 5.76. The van der Waals surface area contributed by atoms with Crippen LogP contribution in [-0.2, 0) is 10.3 Å². The summed E-state index contributed by atoms with van der Waals surface area (Å²) < 4.78 is 7.64. The third-order valence-electron chi connectivity index (χ3n) is 3.55. The smallest absolute Gasteiger partial charge is 0.222 e. The predicted molar refractivity (Wildman–Crippen MR) is 61.6 cm³/mol. The van der Waals surface area contributed by atoms with Crippen LogP contribution in [0.2, 0.25) is 0 Å². The molecule has 0 radical (unpaired) electrons. The topological polar surface area (TPSA) is 90.9 Å². The van der Waals surface area contributed by atoms with Crippen molar-refractivity contribution in [1.82, 2.24) is 19.5 Å². The maximum atomic E-state index is 5.65. The van der Waals surface area contributed by atoms with E-state index in [1.807, 2.05) is 0 Å². The van der Waals surface area contributed by atoms with E-state index in [9.17, 15) is 0 Å². The molecule has 2 aliphatic rings. The maximum absolute atomic E-state index is 5.65. The molecule has 7 heteroatoms. The average Bonchev–Trinajstić information content (AvgIpc) is 2.97. The molecule has 0 aliphatic carbocycles. The van der Waals surface area contributed by atoms with Gasteiger partial charge in [0.1, 0.15) is 5.52 Å². The van der Waals surface area contributed by atoms with Crippen LogP contribution in [-0.4, -0.2) is 39.3 Å². The van der Waals surface area contributed by atoms with E-state index in [2.05, 4.69) is 24.8 Å². The van der Waals surface area contributed by atoms with Crippen LogP contribution < -0.4 is 11.1 Å². The van der Waals surface area contributed by atoms with E-state index in [0.717, 1.165) is 36.7 Å². The summed E-state index contributed by atoms with van der Waals surface area (Å²) in [5.74, 6) is 1.12. The van der Waals surface area contributed by atoms with E-state index in [1.54, 1.807) is 6.20 Å². The summed E-state index contributed by atoms with van der Waals surface area (Å²) in [5.41, 5.74) is 7.16. The lowest BCUT2D eigenvalue weighted by Gasteiger charge is -2.22. The first-order valence-electron chi connectivity index (χ1n) is 5.62. The van der Waals surface area contributed by atoms with Gasteiger partial charge in [0.05, 0.1) is 18.3 Å². The van der Waals surface area contributed by atoms with Gasteiger partial charge in [-0.15, -0.1) is 0 Å². The molecule has 1 atom stereocenters. The van der Waals surface area contributed by atoms with Gasteiger partial charge in [0, 0.05) is 13.2 Å². The average molecular weight is 232 g/mol. The van der Waals surface area contributed by atoms with Crippen molar-refractivity contribution in [3.63, 3.8) is 0 Å². The third kappa shape index (κ3) is 1.06. The number of nitrogens with zero attached hydrogens (tertiary/aromatic N) is 4. The third-order valence-corrected chi connectivity index (χ3v) is 3.55. The summed E-state index contributed by atoms with van der Waals surface area (Å²) in [6.07, 6.45) is 2.64. The van der Waals surface area contributed by atoms with Crippen molar-refractivity contribution in [3.8, 4) is 0 Å². The Morgan fingerprint density at radius 3 is 3.24 bits per heavy atom. The molecule has 2 aromatic heterocycles. The molecule has 4 rings (SSSR count). The molecular formula is C10H12N6O. The van der Waals surface area contributed by atoms with Gasteiger partial charge in [0.15, 0.2) is 5.65 Å². The van der Waals surface area contributed by atoms with Crippen molar-refractivity contribution in [3.05, 3.63) is 6.20 Å². The van der Waals surface area contributed by atoms with Crippen molar-refractivity contribution in [2.45, 2.75) is 12.0 Å². The maximum Gasteiger partial charge on any atom is 0.222 e. The first-order valence-corrected chi connectivity index (χ1v) is 5.62. The number of rotatable bonds is 0. The lowest BCUT2D eigenvalue weighted by molar-refractivity contribution is 0.165. The molecule has 17 heavy (non-hydrogen) atoms. The largest absolute Gasteiger partial charge is 0.379 e. The Hall–Kier alpha value is -1.89. The van der Waals surface area contributed by atoms with Crippen molar-refractivity contribution in [2.24, 2.45) is 0 Å². The van der Waals surface area contributed by atoms with Crippen molar-refractivity contribution in [1.29, 1.82) is 0 Å². The lowest BCUT2D eigenvalue weighted by atomic mass is 10.00. The van der Waals surface area contributed by atoms with Crippen LogP contribution in [0.5, 0.6) is 0 Å². The van der Waals surface area contributed by atoms with E-state index in [-0.39, 0.29) is 11.5 Å². The fourth-order valence-electron chi connectivity index (χ4n) is 2.69. The number of ether oxygens (including phenoxy) is 1. The van der Waals surface area contributed by atoms with Crippen LogP contribution in [0, 0.1) is 0 Å². The number of fused-ring (bicyclic) bond motifs is 4. The molecule has 3 N–H and O–H groups in total. The van der Waals surface area contributed by atoms with Crippen LogP contribution in [0.4, 0.5) is 11.9 Å². The first kappa shape index (κ1) is 9.17. The molecule has 0 aromatic carbocycles. The summed E-state index contributed by atoms with van der Waals surface area (Å²) in [7, 11) is 0. The summed E-state index contributed by atoms with van der Waals surface area (Å²) in [6, 6.07) is 0. The summed E-state index contributed by atoms with van der Waals surface area (Å²) in [5, 5.41) is 3.31. The van der Waals surface area contributed by atoms with E-state index in [0.29, 0.717) is 6.61 Å². The number of hydrogen-bond donors (Lipinski definition) is 2. The monoisotopic (exact) mass is 232 g/mol. The molecule has 0 bridgehead atoms. The Labute approximate surface area is 97.0 Å². The molecular weight excluding hydrogens is 220 g/mol. The van der Waals surface area contributed by atoms with Gasteiger partial charge in [0.2, 0.25) is 11.9 Å². The summed E-state index contributed by atoms with van der Waals surface area (Å²) in [4.78, 5) is 12.7. The Kier molecular flexibility index (Phi) is 1.54. The normalized spacial score (nSPS) is 26.6. The van der Waals surface area contributed by atoms with Gasteiger partial charge in [-0.3, -0.25) is 4.57 Å². The molecule has 2 aromatic rings. The number of imidazole rings is 1. The number of nitrogen functional groups attached to an aromatic ring is 1. The van der Waals surface area contributed by atoms with Crippen LogP contribution >= 0.6 is 0 Å². The van der Waals surface area contributed by atoms with Gasteiger partial charge in [-0.05, 0) is 6.42 Å². The lowest BCUT2D eigenvalue weighted by Crippen LogP contribution is -2.34. The summed E-state index contributed by atoms with van der Waals surface area (Å²) >= 11 is 0. The minimum absolute atomic E-state index is 0.0507. The van der Waals surface area contributed by atoms with Crippen molar-refractivity contribution < 1.29 is 4.74 Å². The van der Waals surface area contributed by atoms with Crippen molar-refractivity contribution in [2.75, 3.05) is 30.8 Å². The Bertz CT molecular complexity index is 600. The molecule has 1 saturated heterocycles. The molecule has 0 amide bonds. The molecule has 1 fully saturated rings. The van der Waals surface area contributed by atoms with Crippen molar-refractivity contribution >= 4 is 23.1 Å². The zero-order valence-corrected chi connectivity index (χ0v) is 9.18. The highest BCUT2D eigenvalue weighted by Crippen LogP contribution is 2.38. The second kappa shape index (κ2) is 2.86. The number of aromatic nitrogens is 4. The van der Waals surface area contributed by atoms with Gasteiger partial charge < -0.3 is 15.8 Å². The molecule has 1 spiro atoms. The molecule has 88 valence electrons.